The molecule has 122 valence electrons. The number of rotatable bonds is 4. The molecule has 2 amide bonds. The van der Waals surface area contributed by atoms with Crippen LogP contribution in [0.15, 0.2) is 12.3 Å². The predicted molar refractivity (Wildman–Crippen MR) is 85.6 cm³/mol. The zero-order valence-electron chi connectivity index (χ0n) is 13.7. The number of nitrogens with one attached hydrogen (secondary N) is 1. The number of hydrogen-bond donors (Lipinski definition) is 1. The summed E-state index contributed by atoms with van der Waals surface area (Å²) in [6.45, 7) is 8.96. The minimum atomic E-state index is 0.0923. The summed E-state index contributed by atoms with van der Waals surface area (Å²) in [5, 5.41) is 7.54. The highest BCUT2D eigenvalue weighted by Crippen LogP contribution is 2.24. The van der Waals surface area contributed by atoms with Gasteiger partial charge in [-0.1, -0.05) is 0 Å². The zero-order valence-corrected chi connectivity index (χ0v) is 13.7. The second-order valence-electron chi connectivity index (χ2n) is 6.66. The molecule has 1 atom stereocenters. The highest BCUT2D eigenvalue weighted by molar-refractivity contribution is 5.74. The molecule has 0 saturated carbocycles. The van der Waals surface area contributed by atoms with E-state index in [1.54, 1.807) is 0 Å². The number of carbonyl (C=O) groups excluding carboxylic acids is 1. The van der Waals surface area contributed by atoms with Gasteiger partial charge in [0.25, 0.3) is 0 Å². The number of likely N-dealkylation sites (tertiary alicyclic amines) is 1. The van der Waals surface area contributed by atoms with Crippen LogP contribution in [0.1, 0.15) is 44.8 Å². The maximum absolute atomic E-state index is 12.0. The molecule has 1 aromatic heterocycles. The van der Waals surface area contributed by atoms with Crippen molar-refractivity contribution in [2.45, 2.75) is 51.7 Å². The molecule has 3 heterocycles. The molecule has 1 N–H and O–H groups in total. The summed E-state index contributed by atoms with van der Waals surface area (Å²) in [7, 11) is 0. The Bertz CT molecular complexity index is 506. The molecule has 1 fully saturated rings. The van der Waals surface area contributed by atoms with Crippen molar-refractivity contribution in [1.82, 2.24) is 24.9 Å². The van der Waals surface area contributed by atoms with Crippen molar-refractivity contribution in [2.24, 2.45) is 0 Å². The molecule has 1 aromatic rings. The molecule has 2 aliphatic rings. The van der Waals surface area contributed by atoms with Crippen LogP contribution in [0.5, 0.6) is 0 Å². The van der Waals surface area contributed by atoms with E-state index in [0.717, 1.165) is 45.4 Å². The maximum atomic E-state index is 12.0. The van der Waals surface area contributed by atoms with Crippen LogP contribution >= 0.6 is 0 Å². The SMILES string of the molecule is CC(C)N1Cc2ccnn2C(CCNC(=O)N2CCCC2)C1. The summed E-state index contributed by atoms with van der Waals surface area (Å²) in [6.07, 6.45) is 5.08. The van der Waals surface area contributed by atoms with E-state index < -0.39 is 0 Å². The molecule has 2 aliphatic heterocycles. The predicted octanol–water partition coefficient (Wildman–Crippen LogP) is 1.84. The van der Waals surface area contributed by atoms with Crippen LogP contribution < -0.4 is 5.32 Å². The number of aromatic nitrogens is 2. The van der Waals surface area contributed by atoms with Crippen LogP contribution in [-0.2, 0) is 6.54 Å². The summed E-state index contributed by atoms with van der Waals surface area (Å²) in [6, 6.07) is 3.07. The molecule has 1 saturated heterocycles. The van der Waals surface area contributed by atoms with Crippen molar-refractivity contribution in [3.8, 4) is 0 Å². The van der Waals surface area contributed by atoms with Crippen molar-refractivity contribution in [2.75, 3.05) is 26.2 Å². The molecule has 1 unspecified atom stereocenters. The van der Waals surface area contributed by atoms with Gasteiger partial charge in [0.2, 0.25) is 0 Å². The van der Waals surface area contributed by atoms with Gasteiger partial charge in [0, 0.05) is 45.0 Å². The minimum Gasteiger partial charge on any atom is -0.338 e. The lowest BCUT2D eigenvalue weighted by Crippen LogP contribution is -2.43. The van der Waals surface area contributed by atoms with E-state index in [0.29, 0.717) is 18.6 Å². The van der Waals surface area contributed by atoms with Gasteiger partial charge in [0.05, 0.1) is 11.7 Å². The Morgan fingerprint density at radius 2 is 2.18 bits per heavy atom. The first-order chi connectivity index (χ1) is 10.6. The second-order valence-corrected chi connectivity index (χ2v) is 6.66. The van der Waals surface area contributed by atoms with Gasteiger partial charge in [-0.25, -0.2) is 4.79 Å². The quantitative estimate of drug-likeness (QED) is 0.923. The second kappa shape index (κ2) is 6.69. The average molecular weight is 305 g/mol. The fourth-order valence-electron chi connectivity index (χ4n) is 3.40. The fourth-order valence-corrected chi connectivity index (χ4v) is 3.40. The highest BCUT2D eigenvalue weighted by atomic mass is 16.2. The Morgan fingerprint density at radius 1 is 1.41 bits per heavy atom. The minimum absolute atomic E-state index is 0.0923. The van der Waals surface area contributed by atoms with Crippen molar-refractivity contribution >= 4 is 6.03 Å². The van der Waals surface area contributed by atoms with Crippen molar-refractivity contribution in [3.63, 3.8) is 0 Å². The van der Waals surface area contributed by atoms with E-state index >= 15 is 0 Å². The Hall–Kier alpha value is -1.56. The normalized spacial score (nSPS) is 22.1. The summed E-state index contributed by atoms with van der Waals surface area (Å²) in [5.74, 6) is 0. The van der Waals surface area contributed by atoms with Gasteiger partial charge in [0.15, 0.2) is 0 Å². The lowest BCUT2D eigenvalue weighted by Gasteiger charge is -2.36. The van der Waals surface area contributed by atoms with Crippen LogP contribution in [0.3, 0.4) is 0 Å². The Kier molecular flexibility index (Phi) is 4.66. The fraction of sp³-hybridized carbons (Fsp3) is 0.750. The van der Waals surface area contributed by atoms with Gasteiger partial charge in [0.1, 0.15) is 0 Å². The van der Waals surface area contributed by atoms with Crippen LogP contribution in [0, 0.1) is 0 Å². The third-order valence-corrected chi connectivity index (χ3v) is 4.79. The molecular formula is C16H27N5O. The zero-order chi connectivity index (χ0) is 15.5. The van der Waals surface area contributed by atoms with Gasteiger partial charge in [-0.15, -0.1) is 0 Å². The molecule has 0 aliphatic carbocycles. The first-order valence-corrected chi connectivity index (χ1v) is 8.44. The lowest BCUT2D eigenvalue weighted by molar-refractivity contribution is 0.134. The Balaban J connectivity index is 1.54. The molecule has 6 nitrogen and oxygen atoms in total. The van der Waals surface area contributed by atoms with Crippen LogP contribution in [0.25, 0.3) is 0 Å². The summed E-state index contributed by atoms with van der Waals surface area (Å²) >= 11 is 0. The molecule has 0 bridgehead atoms. The first kappa shape index (κ1) is 15.3. The lowest BCUT2D eigenvalue weighted by atomic mass is 10.1. The number of hydrogen-bond acceptors (Lipinski definition) is 3. The number of carbonyl (C=O) groups is 1. The highest BCUT2D eigenvalue weighted by Gasteiger charge is 2.27. The summed E-state index contributed by atoms with van der Waals surface area (Å²) in [5.41, 5.74) is 1.27. The van der Waals surface area contributed by atoms with E-state index in [1.807, 2.05) is 11.1 Å². The maximum Gasteiger partial charge on any atom is 0.317 e. The van der Waals surface area contributed by atoms with E-state index in [1.165, 1.54) is 5.69 Å². The number of amides is 2. The molecule has 0 spiro atoms. The van der Waals surface area contributed by atoms with Gasteiger partial charge in [-0.3, -0.25) is 9.58 Å². The van der Waals surface area contributed by atoms with Crippen molar-refractivity contribution in [1.29, 1.82) is 0 Å². The monoisotopic (exact) mass is 305 g/mol. The van der Waals surface area contributed by atoms with Crippen LogP contribution in [0.2, 0.25) is 0 Å². The van der Waals surface area contributed by atoms with Gasteiger partial charge >= 0.3 is 6.03 Å². The molecule has 22 heavy (non-hydrogen) atoms. The summed E-state index contributed by atoms with van der Waals surface area (Å²) in [4.78, 5) is 16.4. The number of fused-ring (bicyclic) bond motifs is 1. The third-order valence-electron chi connectivity index (χ3n) is 4.79. The average Bonchev–Trinajstić information content (AvgIpc) is 3.18. The number of urea groups is 1. The molecule has 0 radical (unpaired) electrons. The Labute approximate surface area is 132 Å². The van der Waals surface area contributed by atoms with Crippen LogP contribution in [-0.4, -0.2) is 57.8 Å². The van der Waals surface area contributed by atoms with Crippen LogP contribution in [0.4, 0.5) is 4.79 Å². The third kappa shape index (κ3) is 3.27. The topological polar surface area (TPSA) is 53.4 Å². The standard InChI is InChI=1S/C16H27N5O/c1-13(2)20-11-14(21-15(12-20)6-8-18-21)5-7-17-16(22)19-9-3-4-10-19/h6,8,13-14H,3-5,7,9-12H2,1-2H3,(H,17,22). The van der Waals surface area contributed by atoms with E-state index in [9.17, 15) is 4.79 Å². The van der Waals surface area contributed by atoms with Gasteiger partial charge in [-0.2, -0.15) is 5.10 Å². The smallest absolute Gasteiger partial charge is 0.317 e. The molecular weight excluding hydrogens is 278 g/mol. The number of nitrogens with zero attached hydrogens (tertiary/aromatic N) is 4. The van der Waals surface area contributed by atoms with E-state index in [2.05, 4.69) is 39.9 Å². The van der Waals surface area contributed by atoms with Crippen molar-refractivity contribution < 1.29 is 4.79 Å². The Morgan fingerprint density at radius 3 is 2.91 bits per heavy atom. The van der Waals surface area contributed by atoms with Gasteiger partial charge < -0.3 is 10.2 Å². The van der Waals surface area contributed by atoms with E-state index in [-0.39, 0.29) is 6.03 Å². The largest absolute Gasteiger partial charge is 0.338 e. The molecule has 3 rings (SSSR count). The molecule has 6 heteroatoms. The first-order valence-electron chi connectivity index (χ1n) is 8.44. The summed E-state index contributed by atoms with van der Waals surface area (Å²) < 4.78 is 2.14. The van der Waals surface area contributed by atoms with E-state index in [4.69, 9.17) is 0 Å². The van der Waals surface area contributed by atoms with Crippen molar-refractivity contribution in [3.05, 3.63) is 18.0 Å². The molecule has 0 aromatic carbocycles. The van der Waals surface area contributed by atoms with Gasteiger partial charge in [-0.05, 0) is 39.2 Å².